The first kappa shape index (κ1) is 14.4. The van der Waals surface area contributed by atoms with E-state index in [1.807, 2.05) is 0 Å². The Morgan fingerprint density at radius 1 is 1.33 bits per heavy atom. The molecule has 3 rings (SSSR count). The highest BCUT2D eigenvalue weighted by molar-refractivity contribution is 7.09. The second-order valence-corrected chi connectivity index (χ2v) is 6.43. The lowest BCUT2D eigenvalue weighted by atomic mass is 10.2. The summed E-state index contributed by atoms with van der Waals surface area (Å²) in [5.41, 5.74) is 0. The van der Waals surface area contributed by atoms with Gasteiger partial charge in [-0.2, -0.15) is 13.2 Å². The van der Waals surface area contributed by atoms with E-state index < -0.39 is 12.6 Å². The molecule has 0 saturated heterocycles. The Hall–Kier alpha value is -1.50. The Labute approximate surface area is 124 Å². The molecule has 3 nitrogen and oxygen atoms in total. The van der Waals surface area contributed by atoms with Gasteiger partial charge in [0.15, 0.2) is 0 Å². The van der Waals surface area contributed by atoms with Crippen LogP contribution in [0, 0.1) is 0 Å². The lowest BCUT2D eigenvalue weighted by molar-refractivity contribution is -0.126. The van der Waals surface area contributed by atoms with E-state index in [1.165, 1.54) is 12.8 Å². The molecule has 1 fully saturated rings. The molecule has 0 bridgehead atoms. The molecule has 0 spiro atoms. The average molecular weight is 315 g/mol. The van der Waals surface area contributed by atoms with Crippen LogP contribution in [0.1, 0.15) is 30.6 Å². The molecule has 1 aliphatic heterocycles. The van der Waals surface area contributed by atoms with Gasteiger partial charge in [-0.15, -0.1) is 11.3 Å². The summed E-state index contributed by atoms with van der Waals surface area (Å²) in [5, 5.41) is 7.24. The summed E-state index contributed by atoms with van der Waals surface area (Å²) in [5.74, 6) is 0.763. The first-order chi connectivity index (χ1) is 10.0. The van der Waals surface area contributed by atoms with Gasteiger partial charge in [-0.3, -0.25) is 0 Å². The number of alkyl halides is 3. The fourth-order valence-electron chi connectivity index (χ4n) is 2.69. The summed E-state index contributed by atoms with van der Waals surface area (Å²) < 4.78 is 38.2. The van der Waals surface area contributed by atoms with Crippen molar-refractivity contribution in [3.63, 3.8) is 0 Å². The molecule has 114 valence electrons. The predicted molar refractivity (Wildman–Crippen MR) is 75.9 cm³/mol. The summed E-state index contributed by atoms with van der Waals surface area (Å²) in [6.07, 6.45) is 2.78. The maximum Gasteiger partial charge on any atom is 0.393 e. The molecule has 0 unspecified atom stereocenters. The van der Waals surface area contributed by atoms with Crippen LogP contribution >= 0.6 is 11.3 Å². The van der Waals surface area contributed by atoms with E-state index >= 15 is 0 Å². The molecule has 21 heavy (non-hydrogen) atoms. The van der Waals surface area contributed by atoms with Gasteiger partial charge in [0, 0.05) is 23.3 Å². The van der Waals surface area contributed by atoms with E-state index in [1.54, 1.807) is 18.5 Å². The third-order valence-corrected chi connectivity index (χ3v) is 4.65. The number of hydrogen-bond donors (Lipinski definition) is 2. The van der Waals surface area contributed by atoms with E-state index in [2.05, 4.69) is 15.6 Å². The predicted octanol–water partition coefficient (Wildman–Crippen LogP) is 2.14. The van der Waals surface area contributed by atoms with Crippen LogP contribution in [0.25, 0.3) is 5.82 Å². The van der Waals surface area contributed by atoms with Crippen molar-refractivity contribution in [2.24, 2.45) is 4.99 Å². The van der Waals surface area contributed by atoms with Gasteiger partial charge < -0.3 is 10.6 Å². The van der Waals surface area contributed by atoms with Crippen LogP contribution in [-0.2, 0) is 6.42 Å². The number of halogens is 3. The van der Waals surface area contributed by atoms with Crippen molar-refractivity contribution in [2.75, 3.05) is 0 Å². The van der Waals surface area contributed by atoms with Crippen LogP contribution in [0.2, 0.25) is 0 Å². The molecule has 0 atom stereocenters. The average Bonchev–Trinajstić information content (AvgIpc) is 2.97. The van der Waals surface area contributed by atoms with Gasteiger partial charge in [0.1, 0.15) is 10.5 Å². The van der Waals surface area contributed by atoms with Crippen molar-refractivity contribution in [2.45, 2.75) is 44.3 Å². The first-order valence-corrected chi connectivity index (χ1v) is 7.79. The molecule has 1 saturated carbocycles. The van der Waals surface area contributed by atoms with Crippen molar-refractivity contribution in [1.82, 2.24) is 10.6 Å². The summed E-state index contributed by atoms with van der Waals surface area (Å²) in [6.45, 7) is 0. The molecule has 2 heterocycles. The minimum atomic E-state index is -4.19. The van der Waals surface area contributed by atoms with E-state index in [0.29, 0.717) is 15.6 Å². The number of nitrogens with zero attached hydrogens (tertiary/aromatic N) is 1. The zero-order valence-corrected chi connectivity index (χ0v) is 12.2. The lowest BCUT2D eigenvalue weighted by Gasteiger charge is -2.16. The summed E-state index contributed by atoms with van der Waals surface area (Å²) in [7, 11) is 0. The van der Waals surface area contributed by atoms with Crippen LogP contribution in [0.5, 0.6) is 0 Å². The third-order valence-electron chi connectivity index (χ3n) is 3.61. The van der Waals surface area contributed by atoms with Crippen molar-refractivity contribution in [1.29, 1.82) is 0 Å². The Balaban J connectivity index is 1.95. The van der Waals surface area contributed by atoms with Gasteiger partial charge >= 0.3 is 6.18 Å². The molecule has 0 amide bonds. The van der Waals surface area contributed by atoms with Gasteiger partial charge in [0.25, 0.3) is 0 Å². The van der Waals surface area contributed by atoms with Crippen LogP contribution in [-0.4, -0.2) is 12.2 Å². The standard InChI is InChI=1S/C14H16F3N3S/c15-14(16,17)8-10-7-11-12(20-9-3-1-2-4-9)18-5-6-19-13(11)21-10/h5-7,9,18,20H,1-4,8H2. The Morgan fingerprint density at radius 2 is 2.10 bits per heavy atom. The fourth-order valence-corrected chi connectivity index (χ4v) is 3.73. The Bertz CT molecular complexity index is 654. The van der Waals surface area contributed by atoms with Crippen LogP contribution in [0.15, 0.2) is 23.5 Å². The first-order valence-electron chi connectivity index (χ1n) is 6.97. The molecule has 1 aromatic heterocycles. The minimum absolute atomic E-state index is 0.291. The molecule has 1 aliphatic carbocycles. The zero-order valence-electron chi connectivity index (χ0n) is 11.3. The van der Waals surface area contributed by atoms with Crippen LogP contribution in [0.3, 0.4) is 0 Å². The highest BCUT2D eigenvalue weighted by atomic mass is 32.1. The number of thiophene rings is 1. The number of hydrogen-bond acceptors (Lipinski definition) is 4. The SMILES string of the molecule is FC(F)(F)Cc1cc2c(s1)=NC=CNC=2NC1CCCC1. The Kier molecular flexibility index (Phi) is 3.93. The second kappa shape index (κ2) is 5.71. The summed E-state index contributed by atoms with van der Waals surface area (Å²) >= 11 is 1.10. The molecule has 0 radical (unpaired) electrons. The van der Waals surface area contributed by atoms with E-state index in [0.717, 1.165) is 35.2 Å². The topological polar surface area (TPSA) is 36.4 Å². The summed E-state index contributed by atoms with van der Waals surface area (Å²) in [6, 6.07) is 1.98. The fraction of sp³-hybridized carbons (Fsp3) is 0.500. The zero-order chi connectivity index (χ0) is 14.9. The second-order valence-electron chi connectivity index (χ2n) is 5.31. The molecule has 2 aliphatic rings. The highest BCUT2D eigenvalue weighted by Gasteiger charge is 2.28. The lowest BCUT2D eigenvalue weighted by Crippen LogP contribution is -2.37. The van der Waals surface area contributed by atoms with Gasteiger partial charge in [0.2, 0.25) is 0 Å². The highest BCUT2D eigenvalue weighted by Crippen LogP contribution is 2.22. The van der Waals surface area contributed by atoms with Gasteiger partial charge in [-0.05, 0) is 18.9 Å². The van der Waals surface area contributed by atoms with Gasteiger partial charge in [-0.1, -0.05) is 12.8 Å². The molecule has 7 heteroatoms. The van der Waals surface area contributed by atoms with E-state index in [4.69, 9.17) is 0 Å². The van der Waals surface area contributed by atoms with Crippen molar-refractivity contribution in [3.05, 3.63) is 33.2 Å². The number of nitrogens with one attached hydrogen (secondary N) is 2. The molecular weight excluding hydrogens is 299 g/mol. The van der Waals surface area contributed by atoms with Crippen LogP contribution in [0.4, 0.5) is 13.2 Å². The maximum absolute atomic E-state index is 12.5. The van der Waals surface area contributed by atoms with Gasteiger partial charge in [-0.25, -0.2) is 4.99 Å². The Morgan fingerprint density at radius 3 is 2.81 bits per heavy atom. The molecule has 2 N–H and O–H groups in total. The number of rotatable bonds is 3. The monoisotopic (exact) mass is 315 g/mol. The van der Waals surface area contributed by atoms with Crippen LogP contribution < -0.4 is 20.5 Å². The molecular formula is C14H16F3N3S. The molecule has 0 aromatic carbocycles. The maximum atomic E-state index is 12.5. The minimum Gasteiger partial charge on any atom is -0.368 e. The number of fused-ring (bicyclic) bond motifs is 1. The largest absolute Gasteiger partial charge is 0.393 e. The molecule has 1 aromatic rings. The van der Waals surface area contributed by atoms with E-state index in [-0.39, 0.29) is 0 Å². The van der Waals surface area contributed by atoms with Crippen molar-refractivity contribution < 1.29 is 13.2 Å². The quantitative estimate of drug-likeness (QED) is 0.897. The van der Waals surface area contributed by atoms with E-state index in [9.17, 15) is 13.2 Å². The van der Waals surface area contributed by atoms with Crippen molar-refractivity contribution in [3.8, 4) is 0 Å². The summed E-state index contributed by atoms with van der Waals surface area (Å²) in [4.78, 5) is 4.50. The third kappa shape index (κ3) is 3.58. The van der Waals surface area contributed by atoms with Gasteiger partial charge in [0.05, 0.1) is 11.6 Å². The van der Waals surface area contributed by atoms with Crippen molar-refractivity contribution >= 4 is 17.2 Å². The normalized spacial score (nSPS) is 18.9. The smallest absolute Gasteiger partial charge is 0.368 e.